The van der Waals surface area contributed by atoms with Crippen molar-refractivity contribution in [2.24, 2.45) is 0 Å². The first-order valence-electron chi connectivity index (χ1n) is 6.31. The number of hydrogen-bond acceptors (Lipinski definition) is 2. The smallest absolute Gasteiger partial charge is 0.0791 e. The maximum Gasteiger partial charge on any atom is 0.0791 e. The van der Waals surface area contributed by atoms with Gasteiger partial charge in [0.05, 0.1) is 12.2 Å². The molecule has 0 bridgehead atoms. The van der Waals surface area contributed by atoms with Crippen molar-refractivity contribution < 1.29 is 9.84 Å². The molecule has 1 heterocycles. The summed E-state index contributed by atoms with van der Waals surface area (Å²) in [5.74, 6) is 0. The number of rotatable bonds is 4. The van der Waals surface area contributed by atoms with Crippen molar-refractivity contribution in [3.63, 3.8) is 0 Å². The van der Waals surface area contributed by atoms with Gasteiger partial charge in [0, 0.05) is 11.6 Å². The molecule has 0 spiro atoms. The Bertz CT molecular complexity index is 348. The van der Waals surface area contributed by atoms with Gasteiger partial charge in [0.15, 0.2) is 0 Å². The van der Waals surface area contributed by atoms with E-state index in [0.717, 1.165) is 31.4 Å². The molecule has 0 aromatic heterocycles. The van der Waals surface area contributed by atoms with Gasteiger partial charge in [-0.15, -0.1) is 0 Å². The molecule has 3 heteroatoms. The van der Waals surface area contributed by atoms with Gasteiger partial charge >= 0.3 is 0 Å². The minimum atomic E-state index is -0.431. The predicted molar refractivity (Wildman–Crippen MR) is 69.2 cm³/mol. The third-order valence-corrected chi connectivity index (χ3v) is 3.50. The van der Waals surface area contributed by atoms with Crippen LogP contribution in [0.15, 0.2) is 24.3 Å². The summed E-state index contributed by atoms with van der Waals surface area (Å²) in [7, 11) is 0. The summed E-state index contributed by atoms with van der Waals surface area (Å²) in [6, 6.07) is 7.44. The van der Waals surface area contributed by atoms with Crippen LogP contribution in [0.3, 0.4) is 0 Å². The zero-order valence-electron chi connectivity index (χ0n) is 9.94. The SMILES string of the molecule is OC(CCC1CCCCO1)c1cccc(Cl)c1. The number of aliphatic hydroxyl groups is 1. The maximum absolute atomic E-state index is 10.1. The van der Waals surface area contributed by atoms with E-state index in [2.05, 4.69) is 0 Å². The van der Waals surface area contributed by atoms with Crippen LogP contribution in [0, 0.1) is 0 Å². The molecular formula is C14H19ClO2. The lowest BCUT2D eigenvalue weighted by molar-refractivity contribution is 0.00213. The number of halogens is 1. The third kappa shape index (κ3) is 3.98. The van der Waals surface area contributed by atoms with Gasteiger partial charge in [-0.1, -0.05) is 23.7 Å². The summed E-state index contributed by atoms with van der Waals surface area (Å²) in [5.41, 5.74) is 0.897. The van der Waals surface area contributed by atoms with Gasteiger partial charge in [0.25, 0.3) is 0 Å². The Hall–Kier alpha value is -0.570. The Morgan fingerprint density at radius 3 is 3.00 bits per heavy atom. The third-order valence-electron chi connectivity index (χ3n) is 3.27. The molecular weight excluding hydrogens is 236 g/mol. The average molecular weight is 255 g/mol. The largest absolute Gasteiger partial charge is 0.388 e. The molecule has 2 atom stereocenters. The highest BCUT2D eigenvalue weighted by molar-refractivity contribution is 6.30. The molecule has 1 aromatic rings. The van der Waals surface area contributed by atoms with E-state index in [4.69, 9.17) is 16.3 Å². The molecule has 2 unspecified atom stereocenters. The highest BCUT2D eigenvalue weighted by Crippen LogP contribution is 2.25. The van der Waals surface area contributed by atoms with Crippen molar-refractivity contribution in [1.82, 2.24) is 0 Å². The Morgan fingerprint density at radius 1 is 1.41 bits per heavy atom. The standard InChI is InChI=1S/C14H19ClO2/c15-12-5-3-4-11(10-12)14(16)8-7-13-6-1-2-9-17-13/h3-5,10,13-14,16H,1-2,6-9H2. The summed E-state index contributed by atoms with van der Waals surface area (Å²) in [5, 5.41) is 10.7. The van der Waals surface area contributed by atoms with Gasteiger partial charge < -0.3 is 9.84 Å². The Morgan fingerprint density at radius 2 is 2.29 bits per heavy atom. The van der Waals surface area contributed by atoms with Crippen molar-refractivity contribution in [3.05, 3.63) is 34.9 Å². The van der Waals surface area contributed by atoms with Crippen LogP contribution in [0.25, 0.3) is 0 Å². The Kier molecular flexibility index (Phi) is 4.84. The molecule has 1 aliphatic heterocycles. The van der Waals surface area contributed by atoms with E-state index < -0.39 is 6.10 Å². The highest BCUT2D eigenvalue weighted by Gasteiger charge is 2.16. The minimum absolute atomic E-state index is 0.331. The first kappa shape index (κ1) is 12.9. The molecule has 1 fully saturated rings. The Labute approximate surface area is 108 Å². The van der Waals surface area contributed by atoms with Crippen LogP contribution >= 0.6 is 11.6 Å². The van der Waals surface area contributed by atoms with Crippen LogP contribution in [-0.4, -0.2) is 17.8 Å². The molecule has 0 aliphatic carbocycles. The lowest BCUT2D eigenvalue weighted by atomic mass is 9.99. The van der Waals surface area contributed by atoms with E-state index in [0.29, 0.717) is 11.1 Å². The quantitative estimate of drug-likeness (QED) is 0.887. The first-order chi connectivity index (χ1) is 8.25. The van der Waals surface area contributed by atoms with Gasteiger partial charge in [-0.2, -0.15) is 0 Å². The number of benzene rings is 1. The number of ether oxygens (including phenoxy) is 1. The van der Waals surface area contributed by atoms with Gasteiger partial charge in [0.1, 0.15) is 0 Å². The molecule has 2 nitrogen and oxygen atoms in total. The topological polar surface area (TPSA) is 29.5 Å². The summed E-state index contributed by atoms with van der Waals surface area (Å²) < 4.78 is 5.65. The minimum Gasteiger partial charge on any atom is -0.388 e. The normalized spacial score (nSPS) is 22.4. The maximum atomic E-state index is 10.1. The van der Waals surface area contributed by atoms with Gasteiger partial charge in [0.2, 0.25) is 0 Å². The van der Waals surface area contributed by atoms with Crippen molar-refractivity contribution in [1.29, 1.82) is 0 Å². The zero-order chi connectivity index (χ0) is 12.1. The lowest BCUT2D eigenvalue weighted by Crippen LogP contribution is -2.19. The number of hydrogen-bond donors (Lipinski definition) is 1. The fourth-order valence-electron chi connectivity index (χ4n) is 2.26. The first-order valence-corrected chi connectivity index (χ1v) is 6.68. The van der Waals surface area contributed by atoms with Crippen LogP contribution in [0.5, 0.6) is 0 Å². The van der Waals surface area contributed by atoms with Gasteiger partial charge in [-0.05, 0) is 49.8 Å². The van der Waals surface area contributed by atoms with Crippen molar-refractivity contribution in [3.8, 4) is 0 Å². The van der Waals surface area contributed by atoms with Gasteiger partial charge in [-0.3, -0.25) is 0 Å². The van der Waals surface area contributed by atoms with Crippen LogP contribution in [0.2, 0.25) is 5.02 Å². The molecule has 0 radical (unpaired) electrons. The van der Waals surface area contributed by atoms with E-state index in [1.807, 2.05) is 24.3 Å². The summed E-state index contributed by atoms with van der Waals surface area (Å²) in [4.78, 5) is 0. The number of aliphatic hydroxyl groups excluding tert-OH is 1. The Balaban J connectivity index is 1.82. The summed E-state index contributed by atoms with van der Waals surface area (Å²) in [6.45, 7) is 0.873. The van der Waals surface area contributed by atoms with E-state index >= 15 is 0 Å². The molecule has 1 aromatic carbocycles. The molecule has 2 rings (SSSR count). The fraction of sp³-hybridized carbons (Fsp3) is 0.571. The summed E-state index contributed by atoms with van der Waals surface area (Å²) >= 11 is 5.90. The predicted octanol–water partition coefficient (Wildman–Crippen LogP) is 3.72. The van der Waals surface area contributed by atoms with E-state index in [-0.39, 0.29) is 0 Å². The lowest BCUT2D eigenvalue weighted by Gasteiger charge is -2.23. The van der Waals surface area contributed by atoms with Crippen molar-refractivity contribution in [2.75, 3.05) is 6.61 Å². The second kappa shape index (κ2) is 6.39. The molecule has 1 aliphatic rings. The van der Waals surface area contributed by atoms with Crippen LogP contribution < -0.4 is 0 Å². The van der Waals surface area contributed by atoms with Crippen molar-refractivity contribution >= 4 is 11.6 Å². The second-order valence-corrected chi connectivity index (χ2v) is 5.07. The zero-order valence-corrected chi connectivity index (χ0v) is 10.7. The molecule has 17 heavy (non-hydrogen) atoms. The van der Waals surface area contributed by atoms with E-state index in [1.54, 1.807) is 0 Å². The van der Waals surface area contributed by atoms with E-state index in [1.165, 1.54) is 12.8 Å². The highest BCUT2D eigenvalue weighted by atomic mass is 35.5. The molecule has 1 saturated heterocycles. The molecule has 1 N–H and O–H groups in total. The monoisotopic (exact) mass is 254 g/mol. The van der Waals surface area contributed by atoms with Crippen LogP contribution in [0.4, 0.5) is 0 Å². The fourth-order valence-corrected chi connectivity index (χ4v) is 2.46. The summed E-state index contributed by atoms with van der Waals surface area (Å²) in [6.07, 6.45) is 5.11. The van der Waals surface area contributed by atoms with Crippen molar-refractivity contribution in [2.45, 2.75) is 44.3 Å². The molecule has 0 amide bonds. The van der Waals surface area contributed by atoms with Crippen LogP contribution in [0.1, 0.15) is 43.8 Å². The van der Waals surface area contributed by atoms with Gasteiger partial charge in [-0.25, -0.2) is 0 Å². The van der Waals surface area contributed by atoms with Crippen LogP contribution in [-0.2, 0) is 4.74 Å². The molecule has 94 valence electrons. The molecule has 0 saturated carbocycles. The van der Waals surface area contributed by atoms with E-state index in [9.17, 15) is 5.11 Å². The second-order valence-electron chi connectivity index (χ2n) is 4.64. The average Bonchev–Trinajstić information content (AvgIpc) is 2.37.